The number of methoxy groups -OCH3 is 2. The first-order valence-electron chi connectivity index (χ1n) is 9.20. The minimum absolute atomic E-state index is 0.510. The highest BCUT2D eigenvalue weighted by atomic mass is 32.2. The Morgan fingerprint density at radius 3 is 2.23 bits per heavy atom. The Kier molecular flexibility index (Phi) is 7.21. The second kappa shape index (κ2) is 10.0. The van der Waals surface area contributed by atoms with Crippen molar-refractivity contribution in [3.8, 4) is 17.2 Å². The monoisotopic (exact) mass is 425 g/mol. The molecule has 3 aromatic rings. The number of aliphatic hydroxyl groups is 1. The van der Waals surface area contributed by atoms with Gasteiger partial charge in [0.1, 0.15) is 17.2 Å². The van der Waals surface area contributed by atoms with Crippen molar-refractivity contribution < 1.29 is 24.1 Å². The second-order valence-corrected chi connectivity index (χ2v) is 7.58. The van der Waals surface area contributed by atoms with Gasteiger partial charge >= 0.3 is 5.97 Å². The van der Waals surface area contributed by atoms with Crippen molar-refractivity contribution in [2.24, 2.45) is 0 Å². The summed E-state index contributed by atoms with van der Waals surface area (Å²) in [5.41, 5.74) is 7.41. The molecule has 3 aromatic carbocycles. The minimum atomic E-state index is -1.38. The summed E-state index contributed by atoms with van der Waals surface area (Å²) in [7, 11) is 2.81. The molecule has 30 heavy (non-hydrogen) atoms. The summed E-state index contributed by atoms with van der Waals surface area (Å²) in [6.07, 6.45) is -1.38. The number of ether oxygens (including phenoxy) is 3. The van der Waals surface area contributed by atoms with Gasteiger partial charge in [-0.3, -0.25) is 0 Å². The molecule has 156 valence electrons. The molecule has 0 saturated carbocycles. The first-order chi connectivity index (χ1) is 14.5. The highest BCUT2D eigenvalue weighted by Crippen LogP contribution is 2.42. The zero-order valence-corrected chi connectivity index (χ0v) is 17.5. The summed E-state index contributed by atoms with van der Waals surface area (Å²) >= 11 is 1.26. The van der Waals surface area contributed by atoms with Crippen molar-refractivity contribution in [1.82, 2.24) is 0 Å². The molecule has 0 spiro atoms. The quantitative estimate of drug-likeness (QED) is 0.313. The standard InChI is InChI=1S/C23H23NO5S/c1-27-16-10-8-15(9-11-16)22(21(25)23(26)28-2)30-20-14-18(12-13-19(20)24)29-17-6-4-3-5-7-17/h3-14,21-22,25H,24H2,1-2H3/t21-,22+/m1/s1. The van der Waals surface area contributed by atoms with Gasteiger partial charge in [0.05, 0.1) is 19.5 Å². The smallest absolute Gasteiger partial charge is 0.336 e. The number of carbonyl (C=O) groups is 1. The minimum Gasteiger partial charge on any atom is -0.497 e. The normalized spacial score (nSPS) is 12.6. The molecule has 0 heterocycles. The molecule has 2 atom stereocenters. The lowest BCUT2D eigenvalue weighted by atomic mass is 10.1. The molecule has 0 unspecified atom stereocenters. The van der Waals surface area contributed by atoms with Crippen LogP contribution in [0.1, 0.15) is 10.8 Å². The second-order valence-electron chi connectivity index (χ2n) is 6.39. The first kappa shape index (κ1) is 21.5. The van der Waals surface area contributed by atoms with Crippen LogP contribution in [0.15, 0.2) is 77.7 Å². The predicted octanol–water partition coefficient (Wildman–Crippen LogP) is 4.44. The van der Waals surface area contributed by atoms with Crippen molar-refractivity contribution in [2.75, 3.05) is 20.0 Å². The van der Waals surface area contributed by atoms with E-state index in [0.717, 1.165) is 5.56 Å². The number of hydrogen-bond donors (Lipinski definition) is 2. The third-order valence-electron chi connectivity index (χ3n) is 4.39. The fourth-order valence-corrected chi connectivity index (χ4v) is 3.99. The highest BCUT2D eigenvalue weighted by Gasteiger charge is 2.30. The number of anilines is 1. The Morgan fingerprint density at radius 2 is 1.60 bits per heavy atom. The molecule has 0 amide bonds. The molecular weight excluding hydrogens is 402 g/mol. The lowest BCUT2D eigenvalue weighted by Crippen LogP contribution is -2.27. The third kappa shape index (κ3) is 5.25. The van der Waals surface area contributed by atoms with E-state index in [9.17, 15) is 9.90 Å². The Labute approximate surface area is 179 Å². The summed E-state index contributed by atoms with van der Waals surface area (Å²) in [6, 6.07) is 21.8. The van der Waals surface area contributed by atoms with E-state index in [-0.39, 0.29) is 0 Å². The lowest BCUT2D eigenvalue weighted by Gasteiger charge is -2.22. The van der Waals surface area contributed by atoms with E-state index in [4.69, 9.17) is 19.9 Å². The number of para-hydroxylation sites is 1. The van der Waals surface area contributed by atoms with Crippen molar-refractivity contribution >= 4 is 23.4 Å². The molecule has 0 aliphatic heterocycles. The Bertz CT molecular complexity index is 979. The van der Waals surface area contributed by atoms with Gasteiger partial charge in [-0.25, -0.2) is 4.79 Å². The maximum absolute atomic E-state index is 12.1. The molecule has 0 fully saturated rings. The molecule has 0 aliphatic carbocycles. The van der Waals surface area contributed by atoms with Crippen LogP contribution in [0, 0.1) is 0 Å². The fraction of sp³-hybridized carbons (Fsp3) is 0.174. The average Bonchev–Trinajstić information content (AvgIpc) is 2.79. The average molecular weight is 426 g/mol. The number of rotatable bonds is 8. The van der Waals surface area contributed by atoms with Gasteiger partial charge in [0.2, 0.25) is 0 Å². The Morgan fingerprint density at radius 1 is 0.933 bits per heavy atom. The van der Waals surface area contributed by atoms with Gasteiger partial charge in [0, 0.05) is 10.6 Å². The van der Waals surface area contributed by atoms with Gasteiger partial charge in [-0.15, -0.1) is 11.8 Å². The van der Waals surface area contributed by atoms with E-state index in [0.29, 0.717) is 27.8 Å². The van der Waals surface area contributed by atoms with Gasteiger partial charge in [-0.1, -0.05) is 30.3 Å². The van der Waals surface area contributed by atoms with Gasteiger partial charge in [0.25, 0.3) is 0 Å². The van der Waals surface area contributed by atoms with Gasteiger partial charge in [-0.2, -0.15) is 0 Å². The SMILES string of the molecule is COC(=O)[C@H](O)[C@@H](Sc1cc(Oc2ccccc2)ccc1N)c1ccc(OC)cc1. The largest absolute Gasteiger partial charge is 0.497 e. The van der Waals surface area contributed by atoms with Crippen LogP contribution < -0.4 is 15.2 Å². The number of aliphatic hydroxyl groups excluding tert-OH is 1. The molecule has 0 radical (unpaired) electrons. The number of thioether (sulfide) groups is 1. The van der Waals surface area contributed by atoms with E-state index in [1.165, 1.54) is 18.9 Å². The van der Waals surface area contributed by atoms with Crippen LogP contribution in [-0.2, 0) is 9.53 Å². The summed E-state index contributed by atoms with van der Waals surface area (Å²) in [6.45, 7) is 0. The maximum Gasteiger partial charge on any atom is 0.336 e. The lowest BCUT2D eigenvalue weighted by molar-refractivity contribution is -0.150. The number of benzene rings is 3. The third-order valence-corrected chi connectivity index (χ3v) is 5.78. The zero-order valence-electron chi connectivity index (χ0n) is 16.6. The first-order valence-corrected chi connectivity index (χ1v) is 10.1. The Hall–Kier alpha value is -3.16. The van der Waals surface area contributed by atoms with Crippen LogP contribution in [-0.4, -0.2) is 31.4 Å². The number of nitrogens with two attached hydrogens (primary N) is 1. The van der Waals surface area contributed by atoms with E-state index in [2.05, 4.69) is 0 Å². The van der Waals surface area contributed by atoms with Gasteiger partial charge < -0.3 is 25.1 Å². The molecular formula is C23H23NO5S. The molecule has 0 bridgehead atoms. The predicted molar refractivity (Wildman–Crippen MR) is 117 cm³/mol. The molecule has 3 N–H and O–H groups in total. The van der Waals surface area contributed by atoms with E-state index >= 15 is 0 Å². The van der Waals surface area contributed by atoms with Crippen molar-refractivity contribution in [3.63, 3.8) is 0 Å². The number of carbonyl (C=O) groups excluding carboxylic acids is 1. The molecule has 0 aromatic heterocycles. The van der Waals surface area contributed by atoms with Crippen LogP contribution in [0.4, 0.5) is 5.69 Å². The summed E-state index contributed by atoms with van der Waals surface area (Å²) in [5.74, 6) is 1.24. The van der Waals surface area contributed by atoms with Crippen LogP contribution >= 0.6 is 11.8 Å². The molecule has 0 aliphatic rings. The zero-order chi connectivity index (χ0) is 21.5. The highest BCUT2D eigenvalue weighted by molar-refractivity contribution is 7.99. The maximum atomic E-state index is 12.1. The summed E-state index contributed by atoms with van der Waals surface area (Å²) < 4.78 is 15.8. The van der Waals surface area contributed by atoms with Crippen LogP contribution in [0.5, 0.6) is 17.2 Å². The number of hydrogen-bond acceptors (Lipinski definition) is 7. The van der Waals surface area contributed by atoms with Crippen molar-refractivity contribution in [3.05, 3.63) is 78.4 Å². The number of esters is 1. The van der Waals surface area contributed by atoms with Crippen LogP contribution in [0.2, 0.25) is 0 Å². The van der Waals surface area contributed by atoms with Crippen molar-refractivity contribution in [1.29, 1.82) is 0 Å². The Balaban J connectivity index is 1.90. The topological polar surface area (TPSA) is 91.0 Å². The van der Waals surface area contributed by atoms with Crippen LogP contribution in [0.3, 0.4) is 0 Å². The molecule has 0 saturated heterocycles. The van der Waals surface area contributed by atoms with E-state index in [1.807, 2.05) is 30.3 Å². The van der Waals surface area contributed by atoms with E-state index in [1.54, 1.807) is 49.6 Å². The van der Waals surface area contributed by atoms with Gasteiger partial charge in [-0.05, 0) is 48.0 Å². The van der Waals surface area contributed by atoms with E-state index < -0.39 is 17.3 Å². The summed E-state index contributed by atoms with van der Waals surface area (Å²) in [4.78, 5) is 12.7. The number of nitrogen functional groups attached to an aromatic ring is 1. The fourth-order valence-electron chi connectivity index (χ4n) is 2.79. The van der Waals surface area contributed by atoms with Crippen LogP contribution in [0.25, 0.3) is 0 Å². The molecule has 6 nitrogen and oxygen atoms in total. The van der Waals surface area contributed by atoms with Gasteiger partial charge in [0.15, 0.2) is 6.10 Å². The molecule has 7 heteroatoms. The van der Waals surface area contributed by atoms with Crippen molar-refractivity contribution in [2.45, 2.75) is 16.2 Å². The molecule has 3 rings (SSSR count). The summed E-state index contributed by atoms with van der Waals surface area (Å²) in [5, 5.41) is 9.97.